The summed E-state index contributed by atoms with van der Waals surface area (Å²) in [7, 11) is -2.01. The third kappa shape index (κ3) is 6.91. The number of hydrogen-bond donors (Lipinski definition) is 0. The van der Waals surface area contributed by atoms with E-state index in [-0.39, 0.29) is 0 Å². The predicted octanol–water partition coefficient (Wildman–Crippen LogP) is 5.37. The Morgan fingerprint density at radius 2 is 0.947 bits per heavy atom. The van der Waals surface area contributed by atoms with E-state index in [0.29, 0.717) is 0 Å². The first-order chi connectivity index (χ1) is 9.11. The van der Waals surface area contributed by atoms with Crippen LogP contribution in [0.25, 0.3) is 0 Å². The van der Waals surface area contributed by atoms with Gasteiger partial charge in [-0.15, -0.1) is 0 Å². The molecule has 0 aromatic carbocycles. The van der Waals surface area contributed by atoms with Gasteiger partial charge < -0.3 is 8.85 Å². The predicted molar refractivity (Wildman–Crippen MR) is 86.8 cm³/mol. The van der Waals surface area contributed by atoms with Crippen molar-refractivity contribution in [1.29, 1.82) is 0 Å². The van der Waals surface area contributed by atoms with E-state index < -0.39 is 8.56 Å². The largest absolute Gasteiger partial charge is 0.394 e. The van der Waals surface area contributed by atoms with Crippen molar-refractivity contribution in [2.45, 2.75) is 79.3 Å². The normalized spacial score (nSPS) is 12.6. The highest BCUT2D eigenvalue weighted by Gasteiger charge is 2.40. The summed E-state index contributed by atoms with van der Waals surface area (Å²) < 4.78 is 12.5. The van der Waals surface area contributed by atoms with E-state index in [1.807, 2.05) is 0 Å². The van der Waals surface area contributed by atoms with E-state index in [1.54, 1.807) is 0 Å². The fraction of sp³-hybridized carbons (Fsp3) is 1.00. The SMILES string of the molecule is CCO[Si](CC(CC)CC)(CC(CC)CC)OCC. The van der Waals surface area contributed by atoms with Crippen LogP contribution in [0.1, 0.15) is 67.2 Å². The zero-order chi connectivity index (χ0) is 14.7. The molecule has 0 aromatic rings. The van der Waals surface area contributed by atoms with Crippen LogP contribution < -0.4 is 0 Å². The maximum atomic E-state index is 6.26. The van der Waals surface area contributed by atoms with Gasteiger partial charge in [-0.25, -0.2) is 0 Å². The maximum Gasteiger partial charge on any atom is 0.338 e. The molecule has 0 heterocycles. The van der Waals surface area contributed by atoms with Gasteiger partial charge in [0, 0.05) is 13.2 Å². The summed E-state index contributed by atoms with van der Waals surface area (Å²) in [4.78, 5) is 0. The summed E-state index contributed by atoms with van der Waals surface area (Å²) in [6.07, 6.45) is 4.98. The number of rotatable bonds is 12. The van der Waals surface area contributed by atoms with E-state index in [9.17, 15) is 0 Å². The summed E-state index contributed by atoms with van der Waals surface area (Å²) in [6, 6.07) is 2.36. The second-order valence-corrected chi connectivity index (χ2v) is 8.77. The van der Waals surface area contributed by atoms with Crippen LogP contribution in [0.15, 0.2) is 0 Å². The van der Waals surface area contributed by atoms with Crippen LogP contribution in [-0.4, -0.2) is 21.8 Å². The Morgan fingerprint density at radius 1 is 0.632 bits per heavy atom. The molecular formula is C16H36O2Si. The second kappa shape index (κ2) is 10.9. The first-order valence-electron chi connectivity index (χ1n) is 8.38. The quantitative estimate of drug-likeness (QED) is 0.449. The lowest BCUT2D eigenvalue weighted by Crippen LogP contribution is -2.45. The van der Waals surface area contributed by atoms with E-state index in [4.69, 9.17) is 8.85 Å². The molecule has 0 aliphatic carbocycles. The Balaban J connectivity index is 4.92. The minimum absolute atomic E-state index is 0.763. The molecule has 0 aliphatic heterocycles. The highest BCUT2D eigenvalue weighted by molar-refractivity contribution is 6.67. The Kier molecular flexibility index (Phi) is 10.9. The molecule has 0 fully saturated rings. The Bertz CT molecular complexity index is 179. The van der Waals surface area contributed by atoms with Crippen LogP contribution in [0.4, 0.5) is 0 Å². The zero-order valence-corrected chi connectivity index (χ0v) is 15.1. The summed E-state index contributed by atoms with van der Waals surface area (Å²) in [5, 5.41) is 0. The maximum absolute atomic E-state index is 6.26. The van der Waals surface area contributed by atoms with E-state index in [1.165, 1.54) is 37.8 Å². The average molecular weight is 289 g/mol. The van der Waals surface area contributed by atoms with Gasteiger partial charge in [0.25, 0.3) is 0 Å². The number of hydrogen-bond acceptors (Lipinski definition) is 2. The van der Waals surface area contributed by atoms with Crippen LogP contribution in [0, 0.1) is 11.8 Å². The van der Waals surface area contributed by atoms with Gasteiger partial charge >= 0.3 is 8.56 Å². The van der Waals surface area contributed by atoms with Crippen molar-refractivity contribution in [1.82, 2.24) is 0 Å². The summed E-state index contributed by atoms with van der Waals surface area (Å²) in [6.45, 7) is 15.0. The molecule has 19 heavy (non-hydrogen) atoms. The Morgan fingerprint density at radius 3 is 1.16 bits per heavy atom. The van der Waals surface area contributed by atoms with Crippen molar-refractivity contribution in [2.75, 3.05) is 13.2 Å². The van der Waals surface area contributed by atoms with Crippen molar-refractivity contribution in [3.05, 3.63) is 0 Å². The fourth-order valence-corrected chi connectivity index (χ4v) is 7.61. The second-order valence-electron chi connectivity index (χ2n) is 5.55. The van der Waals surface area contributed by atoms with Crippen LogP contribution in [0.2, 0.25) is 12.1 Å². The van der Waals surface area contributed by atoms with Gasteiger partial charge in [0.1, 0.15) is 0 Å². The van der Waals surface area contributed by atoms with E-state index in [0.717, 1.165) is 25.0 Å². The summed E-state index contributed by atoms with van der Waals surface area (Å²) in [5.74, 6) is 1.53. The van der Waals surface area contributed by atoms with Gasteiger partial charge in [-0.05, 0) is 37.8 Å². The van der Waals surface area contributed by atoms with E-state index >= 15 is 0 Å². The van der Waals surface area contributed by atoms with Crippen molar-refractivity contribution in [2.24, 2.45) is 11.8 Å². The molecule has 0 atom stereocenters. The molecule has 0 amide bonds. The molecule has 2 nitrogen and oxygen atoms in total. The van der Waals surface area contributed by atoms with Gasteiger partial charge in [0.15, 0.2) is 0 Å². The van der Waals surface area contributed by atoms with Crippen LogP contribution in [0.3, 0.4) is 0 Å². The van der Waals surface area contributed by atoms with Gasteiger partial charge in [0.2, 0.25) is 0 Å². The molecule has 0 rings (SSSR count). The van der Waals surface area contributed by atoms with Gasteiger partial charge in [0.05, 0.1) is 0 Å². The Labute approximate surface area is 122 Å². The van der Waals surface area contributed by atoms with Crippen LogP contribution in [0.5, 0.6) is 0 Å². The molecule has 0 unspecified atom stereocenters. The molecule has 116 valence electrons. The highest BCUT2D eigenvalue weighted by atomic mass is 28.4. The van der Waals surface area contributed by atoms with Gasteiger partial charge in [-0.2, -0.15) is 0 Å². The van der Waals surface area contributed by atoms with Gasteiger partial charge in [-0.1, -0.05) is 53.4 Å². The molecule has 0 bridgehead atoms. The lowest BCUT2D eigenvalue weighted by atomic mass is 10.1. The Hall–Kier alpha value is 0.137. The minimum atomic E-state index is -2.01. The molecule has 0 saturated carbocycles. The van der Waals surface area contributed by atoms with Crippen LogP contribution in [-0.2, 0) is 8.85 Å². The lowest BCUT2D eigenvalue weighted by molar-refractivity contribution is 0.169. The molecular weight excluding hydrogens is 252 g/mol. The fourth-order valence-electron chi connectivity index (χ4n) is 2.92. The van der Waals surface area contributed by atoms with Crippen molar-refractivity contribution < 1.29 is 8.85 Å². The molecule has 0 spiro atoms. The first-order valence-corrected chi connectivity index (χ1v) is 10.6. The highest BCUT2D eigenvalue weighted by Crippen LogP contribution is 2.32. The minimum Gasteiger partial charge on any atom is -0.394 e. The molecule has 0 aliphatic rings. The smallest absolute Gasteiger partial charge is 0.338 e. The third-order valence-electron chi connectivity index (χ3n) is 4.32. The third-order valence-corrected chi connectivity index (χ3v) is 8.35. The summed E-state index contributed by atoms with van der Waals surface area (Å²) in [5.41, 5.74) is 0. The monoisotopic (exact) mass is 288 g/mol. The lowest BCUT2D eigenvalue weighted by Gasteiger charge is -2.35. The standard InChI is InChI=1S/C16H36O2Si/c1-7-15(8-2)13-19(17-11-5,18-12-6)14-16(9-3)10-4/h15-16H,7-14H2,1-6H3. The first kappa shape index (κ1) is 19.1. The topological polar surface area (TPSA) is 18.5 Å². The molecule has 0 aromatic heterocycles. The molecule has 0 N–H and O–H groups in total. The average Bonchev–Trinajstić information content (AvgIpc) is 2.43. The zero-order valence-electron chi connectivity index (χ0n) is 14.1. The van der Waals surface area contributed by atoms with Crippen molar-refractivity contribution in [3.8, 4) is 0 Å². The van der Waals surface area contributed by atoms with Crippen molar-refractivity contribution in [3.63, 3.8) is 0 Å². The van der Waals surface area contributed by atoms with Gasteiger partial charge in [-0.3, -0.25) is 0 Å². The van der Waals surface area contributed by atoms with Crippen molar-refractivity contribution >= 4 is 8.56 Å². The van der Waals surface area contributed by atoms with Crippen LogP contribution >= 0.6 is 0 Å². The molecule has 3 heteroatoms. The molecule has 0 saturated heterocycles. The molecule has 0 radical (unpaired) electrons. The van der Waals surface area contributed by atoms with E-state index in [2.05, 4.69) is 41.5 Å². The summed E-state index contributed by atoms with van der Waals surface area (Å²) >= 11 is 0.